The highest BCUT2D eigenvalue weighted by molar-refractivity contribution is 7.98. The van der Waals surface area contributed by atoms with Crippen LogP contribution in [-0.4, -0.2) is 32.9 Å². The molecule has 0 radical (unpaired) electrons. The Morgan fingerprint density at radius 3 is 2.33 bits per heavy atom. The number of hydrogen-bond donors (Lipinski definition) is 1. The van der Waals surface area contributed by atoms with Crippen LogP contribution in [0.2, 0.25) is 0 Å². The standard InChI is InChI=1S/C25H27FN2O3S2/c1-19-4-3-5-21(16-19)18-32-15-14-27-25(29)22-8-12-24(13-9-22)28(33(2,30)31)17-20-6-10-23(26)11-7-20/h3-13,16H,14-15,17-18H2,1-2H3,(H,27,29). The molecule has 1 N–H and O–H groups in total. The number of aryl methyl sites for hydroxylation is 1. The molecule has 0 atom stereocenters. The highest BCUT2D eigenvalue weighted by Crippen LogP contribution is 2.21. The number of benzene rings is 3. The fourth-order valence-electron chi connectivity index (χ4n) is 3.27. The first-order valence-electron chi connectivity index (χ1n) is 10.5. The summed E-state index contributed by atoms with van der Waals surface area (Å²) >= 11 is 1.75. The van der Waals surface area contributed by atoms with Crippen LogP contribution in [0.1, 0.15) is 27.0 Å². The number of hydrogen-bond acceptors (Lipinski definition) is 4. The number of carbonyl (C=O) groups is 1. The van der Waals surface area contributed by atoms with Crippen molar-refractivity contribution < 1.29 is 17.6 Å². The van der Waals surface area contributed by atoms with Crippen molar-refractivity contribution in [2.24, 2.45) is 0 Å². The molecule has 0 bridgehead atoms. The third kappa shape index (κ3) is 7.61. The van der Waals surface area contributed by atoms with Gasteiger partial charge in [-0.15, -0.1) is 0 Å². The van der Waals surface area contributed by atoms with Gasteiger partial charge in [-0.05, 0) is 54.4 Å². The summed E-state index contributed by atoms with van der Waals surface area (Å²) in [6.45, 7) is 2.68. The SMILES string of the molecule is Cc1cccc(CSCCNC(=O)c2ccc(N(Cc3ccc(F)cc3)S(C)(=O)=O)cc2)c1. The Morgan fingerprint density at radius 2 is 1.70 bits per heavy atom. The first kappa shape index (κ1) is 24.8. The van der Waals surface area contributed by atoms with E-state index in [0.717, 1.165) is 17.8 Å². The van der Waals surface area contributed by atoms with Crippen molar-refractivity contribution in [3.05, 3.63) is 101 Å². The Kier molecular flexibility index (Phi) is 8.52. The lowest BCUT2D eigenvalue weighted by Crippen LogP contribution is -2.29. The van der Waals surface area contributed by atoms with E-state index in [2.05, 4.69) is 30.4 Å². The first-order valence-corrected chi connectivity index (χ1v) is 13.5. The number of thioether (sulfide) groups is 1. The lowest BCUT2D eigenvalue weighted by atomic mass is 10.1. The van der Waals surface area contributed by atoms with Crippen LogP contribution in [0.4, 0.5) is 10.1 Å². The maximum Gasteiger partial charge on any atom is 0.251 e. The number of amides is 1. The molecule has 33 heavy (non-hydrogen) atoms. The van der Waals surface area contributed by atoms with Crippen molar-refractivity contribution >= 4 is 33.4 Å². The minimum atomic E-state index is -3.57. The quantitative estimate of drug-likeness (QED) is 0.420. The summed E-state index contributed by atoms with van der Waals surface area (Å²) in [6, 6.07) is 20.5. The Balaban J connectivity index is 1.54. The van der Waals surface area contributed by atoms with Crippen LogP contribution in [0.5, 0.6) is 0 Å². The third-order valence-corrected chi connectivity index (χ3v) is 7.11. The topological polar surface area (TPSA) is 66.5 Å². The van der Waals surface area contributed by atoms with Crippen molar-refractivity contribution in [1.29, 1.82) is 0 Å². The minimum Gasteiger partial charge on any atom is -0.351 e. The van der Waals surface area contributed by atoms with Crippen molar-refractivity contribution in [2.45, 2.75) is 19.2 Å². The van der Waals surface area contributed by atoms with Gasteiger partial charge in [0.25, 0.3) is 5.91 Å². The Hall–Kier alpha value is -2.84. The number of halogens is 1. The summed E-state index contributed by atoms with van der Waals surface area (Å²) in [5.41, 5.74) is 4.05. The summed E-state index contributed by atoms with van der Waals surface area (Å²) in [5.74, 6) is 1.09. The van der Waals surface area contributed by atoms with Gasteiger partial charge in [-0.1, -0.05) is 42.0 Å². The molecule has 0 fully saturated rings. The zero-order chi connectivity index (χ0) is 23.8. The summed E-state index contributed by atoms with van der Waals surface area (Å²) in [7, 11) is -3.57. The minimum absolute atomic E-state index is 0.0722. The van der Waals surface area contributed by atoms with Crippen molar-refractivity contribution in [2.75, 3.05) is 22.9 Å². The average molecular weight is 487 g/mol. The van der Waals surface area contributed by atoms with Gasteiger partial charge in [0.2, 0.25) is 10.0 Å². The molecule has 0 aliphatic carbocycles. The predicted molar refractivity (Wildman–Crippen MR) is 134 cm³/mol. The van der Waals surface area contributed by atoms with E-state index >= 15 is 0 Å². The molecule has 3 aromatic carbocycles. The number of anilines is 1. The van der Waals surface area contributed by atoms with E-state index in [1.165, 1.54) is 27.6 Å². The first-order chi connectivity index (χ1) is 15.7. The molecular weight excluding hydrogens is 459 g/mol. The maximum absolute atomic E-state index is 13.2. The summed E-state index contributed by atoms with van der Waals surface area (Å²) in [5, 5.41) is 2.89. The molecule has 174 valence electrons. The van der Waals surface area contributed by atoms with Gasteiger partial charge in [0, 0.05) is 23.6 Å². The van der Waals surface area contributed by atoms with Gasteiger partial charge in [0.05, 0.1) is 18.5 Å². The normalized spacial score (nSPS) is 11.2. The molecule has 5 nitrogen and oxygen atoms in total. The van der Waals surface area contributed by atoms with E-state index in [0.29, 0.717) is 23.4 Å². The van der Waals surface area contributed by atoms with Crippen molar-refractivity contribution in [3.8, 4) is 0 Å². The molecule has 0 unspecified atom stereocenters. The molecule has 0 aromatic heterocycles. The number of carbonyl (C=O) groups excluding carboxylic acids is 1. The van der Waals surface area contributed by atoms with Gasteiger partial charge in [0.1, 0.15) is 5.82 Å². The van der Waals surface area contributed by atoms with Crippen LogP contribution in [-0.2, 0) is 22.3 Å². The van der Waals surface area contributed by atoms with Crippen LogP contribution >= 0.6 is 11.8 Å². The summed E-state index contributed by atoms with van der Waals surface area (Å²) in [6.07, 6.45) is 1.12. The van der Waals surface area contributed by atoms with Crippen LogP contribution in [0.3, 0.4) is 0 Å². The maximum atomic E-state index is 13.2. The lowest BCUT2D eigenvalue weighted by molar-refractivity contribution is 0.0956. The third-order valence-electron chi connectivity index (χ3n) is 4.94. The second-order valence-electron chi connectivity index (χ2n) is 7.74. The van der Waals surface area contributed by atoms with Crippen LogP contribution in [0, 0.1) is 12.7 Å². The monoisotopic (exact) mass is 486 g/mol. The second-order valence-corrected chi connectivity index (χ2v) is 10.8. The molecule has 0 saturated carbocycles. The molecule has 0 heterocycles. The van der Waals surface area contributed by atoms with Crippen LogP contribution in [0.15, 0.2) is 72.8 Å². The molecule has 0 spiro atoms. The predicted octanol–water partition coefficient (Wildman–Crippen LogP) is 4.76. The highest BCUT2D eigenvalue weighted by Gasteiger charge is 2.18. The van der Waals surface area contributed by atoms with Crippen LogP contribution in [0.25, 0.3) is 0 Å². The molecule has 8 heteroatoms. The van der Waals surface area contributed by atoms with Gasteiger partial charge < -0.3 is 5.32 Å². The van der Waals surface area contributed by atoms with E-state index in [4.69, 9.17) is 0 Å². The Bertz CT molecular complexity index is 1180. The molecular formula is C25H27FN2O3S2. The van der Waals surface area contributed by atoms with Gasteiger partial charge in [-0.25, -0.2) is 12.8 Å². The largest absolute Gasteiger partial charge is 0.351 e. The van der Waals surface area contributed by atoms with Gasteiger partial charge in [0.15, 0.2) is 0 Å². The Labute approximate surface area is 199 Å². The molecule has 0 aliphatic heterocycles. The molecule has 0 saturated heterocycles. The fourth-order valence-corrected chi connectivity index (χ4v) is 4.96. The smallest absolute Gasteiger partial charge is 0.251 e. The molecule has 1 amide bonds. The molecule has 0 aliphatic rings. The van der Waals surface area contributed by atoms with Crippen molar-refractivity contribution in [1.82, 2.24) is 5.32 Å². The van der Waals surface area contributed by atoms with Crippen LogP contribution < -0.4 is 9.62 Å². The van der Waals surface area contributed by atoms with E-state index in [-0.39, 0.29) is 18.3 Å². The lowest BCUT2D eigenvalue weighted by Gasteiger charge is -2.22. The second kappa shape index (κ2) is 11.3. The molecule has 3 aromatic rings. The Morgan fingerprint density at radius 1 is 1.00 bits per heavy atom. The summed E-state index contributed by atoms with van der Waals surface area (Å²) in [4.78, 5) is 12.4. The number of rotatable bonds is 10. The number of nitrogens with zero attached hydrogens (tertiary/aromatic N) is 1. The van der Waals surface area contributed by atoms with E-state index in [1.54, 1.807) is 48.2 Å². The van der Waals surface area contributed by atoms with E-state index in [1.807, 2.05) is 6.07 Å². The number of sulfonamides is 1. The zero-order valence-electron chi connectivity index (χ0n) is 18.6. The number of nitrogens with one attached hydrogen (secondary N) is 1. The van der Waals surface area contributed by atoms with Gasteiger partial charge in [-0.2, -0.15) is 11.8 Å². The highest BCUT2D eigenvalue weighted by atomic mass is 32.2. The van der Waals surface area contributed by atoms with E-state index < -0.39 is 10.0 Å². The van der Waals surface area contributed by atoms with Gasteiger partial charge >= 0.3 is 0 Å². The zero-order valence-corrected chi connectivity index (χ0v) is 20.3. The van der Waals surface area contributed by atoms with Gasteiger partial charge in [-0.3, -0.25) is 9.10 Å². The van der Waals surface area contributed by atoms with E-state index in [9.17, 15) is 17.6 Å². The summed E-state index contributed by atoms with van der Waals surface area (Å²) < 4.78 is 39.0. The molecule has 3 rings (SSSR count). The fraction of sp³-hybridized carbons (Fsp3) is 0.240. The average Bonchev–Trinajstić information content (AvgIpc) is 2.78. The van der Waals surface area contributed by atoms with Crippen molar-refractivity contribution in [3.63, 3.8) is 0 Å².